The summed E-state index contributed by atoms with van der Waals surface area (Å²) < 4.78 is 1.61. The highest BCUT2D eigenvalue weighted by Crippen LogP contribution is 2.16. The Morgan fingerprint density at radius 3 is 3.10 bits per heavy atom. The van der Waals surface area contributed by atoms with E-state index >= 15 is 0 Å². The lowest BCUT2D eigenvalue weighted by molar-refractivity contribution is -0.115. The molecular weight excluding hydrogens is 288 g/mol. The average Bonchev–Trinajstić information content (AvgIpc) is 2.96. The molecule has 0 aliphatic rings. The van der Waals surface area contributed by atoms with E-state index in [-0.39, 0.29) is 5.91 Å². The Hall–Kier alpha value is -2.48. The number of pyridine rings is 1. The van der Waals surface area contributed by atoms with Gasteiger partial charge in [-0.05, 0) is 24.3 Å². The fourth-order valence-electron chi connectivity index (χ4n) is 1.68. The Kier molecular flexibility index (Phi) is 4.06. The molecule has 106 valence electrons. The van der Waals surface area contributed by atoms with Crippen molar-refractivity contribution in [1.82, 2.24) is 24.8 Å². The lowest BCUT2D eigenvalue weighted by atomic mass is 10.4. The quantitative estimate of drug-likeness (QED) is 0.721. The number of rotatable bonds is 5. The molecule has 3 rings (SSSR count). The van der Waals surface area contributed by atoms with Gasteiger partial charge in [0.1, 0.15) is 17.2 Å². The molecule has 7 nitrogen and oxygen atoms in total. The molecule has 0 saturated carbocycles. The first-order chi connectivity index (χ1) is 10.3. The van der Waals surface area contributed by atoms with Gasteiger partial charge in [0.2, 0.25) is 5.91 Å². The van der Waals surface area contributed by atoms with Crippen molar-refractivity contribution in [3.05, 3.63) is 42.9 Å². The van der Waals surface area contributed by atoms with Crippen molar-refractivity contribution in [2.45, 2.75) is 11.4 Å². The number of hydrogen-bond acceptors (Lipinski definition) is 6. The van der Waals surface area contributed by atoms with Crippen LogP contribution in [0.25, 0.3) is 5.65 Å². The lowest BCUT2D eigenvalue weighted by Gasteiger charge is -2.03. The molecule has 3 aromatic heterocycles. The lowest BCUT2D eigenvalue weighted by Crippen LogP contribution is -2.13. The summed E-state index contributed by atoms with van der Waals surface area (Å²) in [4.78, 5) is 15.8. The number of amides is 1. The first kappa shape index (κ1) is 13.5. The minimum Gasteiger partial charge on any atom is -0.311 e. The second-order valence-electron chi connectivity index (χ2n) is 4.17. The van der Waals surface area contributed by atoms with Gasteiger partial charge in [-0.15, -0.1) is 22.0 Å². The van der Waals surface area contributed by atoms with E-state index < -0.39 is 0 Å². The fourth-order valence-corrected chi connectivity index (χ4v) is 2.48. The van der Waals surface area contributed by atoms with Crippen LogP contribution in [0.3, 0.4) is 0 Å². The van der Waals surface area contributed by atoms with Crippen molar-refractivity contribution >= 4 is 29.1 Å². The first-order valence-electron chi connectivity index (χ1n) is 6.32. The Balaban J connectivity index is 1.50. The molecule has 3 aromatic rings. The minimum absolute atomic E-state index is 0.0634. The molecule has 21 heavy (non-hydrogen) atoms. The summed E-state index contributed by atoms with van der Waals surface area (Å²) in [7, 11) is 0. The van der Waals surface area contributed by atoms with E-state index in [0.29, 0.717) is 23.6 Å². The molecule has 0 fully saturated rings. The largest absolute Gasteiger partial charge is 0.311 e. The van der Waals surface area contributed by atoms with Crippen LogP contribution in [0, 0.1) is 0 Å². The van der Waals surface area contributed by atoms with Crippen molar-refractivity contribution in [1.29, 1.82) is 0 Å². The van der Waals surface area contributed by atoms with E-state index in [1.807, 2.05) is 18.2 Å². The summed E-state index contributed by atoms with van der Waals surface area (Å²) >= 11 is 1.51. The van der Waals surface area contributed by atoms with E-state index in [4.69, 9.17) is 0 Å². The monoisotopic (exact) mass is 300 g/mol. The maximum atomic E-state index is 11.8. The smallest absolute Gasteiger partial charge is 0.226 e. The van der Waals surface area contributed by atoms with Gasteiger partial charge in [-0.3, -0.25) is 4.79 Å². The molecule has 3 heterocycles. The van der Waals surface area contributed by atoms with Crippen LogP contribution >= 0.6 is 11.8 Å². The zero-order chi connectivity index (χ0) is 14.5. The Morgan fingerprint density at radius 2 is 2.24 bits per heavy atom. The van der Waals surface area contributed by atoms with Gasteiger partial charge in [-0.1, -0.05) is 6.07 Å². The third-order valence-corrected chi connectivity index (χ3v) is 3.57. The van der Waals surface area contributed by atoms with Crippen LogP contribution < -0.4 is 5.32 Å². The normalized spacial score (nSPS) is 10.7. The number of anilines is 1. The molecule has 0 radical (unpaired) electrons. The summed E-state index contributed by atoms with van der Waals surface area (Å²) in [5.74, 6) is 1.14. The maximum Gasteiger partial charge on any atom is 0.226 e. The van der Waals surface area contributed by atoms with E-state index in [2.05, 4.69) is 25.6 Å². The van der Waals surface area contributed by atoms with Gasteiger partial charge in [0.15, 0.2) is 5.65 Å². The predicted molar refractivity (Wildman–Crippen MR) is 79.0 cm³/mol. The maximum absolute atomic E-state index is 11.8. The number of nitrogens with one attached hydrogen (secondary N) is 1. The van der Waals surface area contributed by atoms with Crippen LogP contribution in [-0.4, -0.2) is 36.5 Å². The van der Waals surface area contributed by atoms with Crippen LogP contribution in [0.15, 0.2) is 47.9 Å². The number of hydrogen-bond donors (Lipinski definition) is 1. The molecule has 0 aromatic carbocycles. The first-order valence-corrected chi connectivity index (χ1v) is 7.30. The standard InChI is InChI=1S/C13H12N6OS/c20-12(16-10-3-1-2-7-14-10)6-8-21-13-5-4-11-17-15-9-19(11)18-13/h1-5,7,9H,6,8H2,(H,14,16,20). The van der Waals surface area contributed by atoms with Gasteiger partial charge in [0.05, 0.1) is 0 Å². The van der Waals surface area contributed by atoms with Crippen LogP contribution in [0.4, 0.5) is 5.82 Å². The van der Waals surface area contributed by atoms with Crippen molar-refractivity contribution in [3.63, 3.8) is 0 Å². The molecule has 0 bridgehead atoms. The molecule has 1 amide bonds. The average molecular weight is 300 g/mol. The second-order valence-corrected chi connectivity index (χ2v) is 5.28. The molecule has 0 saturated heterocycles. The number of carbonyl (C=O) groups excluding carboxylic acids is 1. The number of fused-ring (bicyclic) bond motifs is 1. The SMILES string of the molecule is O=C(CCSc1ccc2nncn2n1)Nc1ccccn1. The molecule has 1 N–H and O–H groups in total. The molecule has 0 unspecified atom stereocenters. The van der Waals surface area contributed by atoms with Crippen molar-refractivity contribution in [2.24, 2.45) is 0 Å². The van der Waals surface area contributed by atoms with Crippen LogP contribution in [0.1, 0.15) is 6.42 Å². The van der Waals surface area contributed by atoms with Crippen molar-refractivity contribution in [3.8, 4) is 0 Å². The summed E-state index contributed by atoms with van der Waals surface area (Å²) in [5.41, 5.74) is 0.701. The molecule has 0 spiro atoms. The van der Waals surface area contributed by atoms with Gasteiger partial charge in [-0.2, -0.15) is 9.61 Å². The number of nitrogens with zero attached hydrogens (tertiary/aromatic N) is 5. The van der Waals surface area contributed by atoms with Gasteiger partial charge in [-0.25, -0.2) is 4.98 Å². The molecule has 0 aliphatic carbocycles. The highest BCUT2D eigenvalue weighted by Gasteiger charge is 2.05. The van der Waals surface area contributed by atoms with Gasteiger partial charge >= 0.3 is 0 Å². The summed E-state index contributed by atoms with van der Waals surface area (Å²) in [6.07, 6.45) is 3.58. The van der Waals surface area contributed by atoms with Gasteiger partial charge < -0.3 is 5.32 Å². The minimum atomic E-state index is -0.0634. The van der Waals surface area contributed by atoms with Gasteiger partial charge in [0, 0.05) is 18.4 Å². The predicted octanol–water partition coefficient (Wildman–Crippen LogP) is 1.64. The van der Waals surface area contributed by atoms with Crippen LogP contribution in [-0.2, 0) is 4.79 Å². The Bertz CT molecular complexity index is 745. The summed E-state index contributed by atoms with van der Waals surface area (Å²) in [6, 6.07) is 9.10. The van der Waals surface area contributed by atoms with Crippen molar-refractivity contribution < 1.29 is 4.79 Å². The highest BCUT2D eigenvalue weighted by atomic mass is 32.2. The van der Waals surface area contributed by atoms with Crippen molar-refractivity contribution in [2.75, 3.05) is 11.1 Å². The van der Waals surface area contributed by atoms with Crippen LogP contribution in [0.5, 0.6) is 0 Å². The molecular formula is C13H12N6OS. The molecule has 8 heteroatoms. The third kappa shape index (κ3) is 3.54. The fraction of sp³-hybridized carbons (Fsp3) is 0.154. The summed E-state index contributed by atoms with van der Waals surface area (Å²) in [6.45, 7) is 0. The zero-order valence-electron chi connectivity index (χ0n) is 11.0. The van der Waals surface area contributed by atoms with Gasteiger partial charge in [0.25, 0.3) is 0 Å². The number of aromatic nitrogens is 5. The highest BCUT2D eigenvalue weighted by molar-refractivity contribution is 7.99. The topological polar surface area (TPSA) is 85.1 Å². The second kappa shape index (κ2) is 6.31. The zero-order valence-corrected chi connectivity index (χ0v) is 11.8. The van der Waals surface area contributed by atoms with Crippen LogP contribution in [0.2, 0.25) is 0 Å². The Labute approximate surface area is 124 Å². The third-order valence-electron chi connectivity index (χ3n) is 2.65. The summed E-state index contributed by atoms with van der Waals surface area (Å²) in [5, 5.41) is 15.6. The van der Waals surface area contributed by atoms with E-state index in [1.54, 1.807) is 29.2 Å². The number of carbonyl (C=O) groups is 1. The van der Waals surface area contributed by atoms with E-state index in [1.165, 1.54) is 11.8 Å². The Morgan fingerprint density at radius 1 is 1.29 bits per heavy atom. The van der Waals surface area contributed by atoms with E-state index in [0.717, 1.165) is 5.03 Å². The number of thioether (sulfide) groups is 1. The molecule has 0 aliphatic heterocycles. The van der Waals surface area contributed by atoms with E-state index in [9.17, 15) is 4.79 Å². The molecule has 0 atom stereocenters.